The highest BCUT2D eigenvalue weighted by atomic mass is 32.1. The Morgan fingerprint density at radius 3 is 2.85 bits per heavy atom. The summed E-state index contributed by atoms with van der Waals surface area (Å²) in [6, 6.07) is 11.4. The molecule has 4 heterocycles. The minimum Gasteiger partial charge on any atom is -0.449 e. The Bertz CT molecular complexity index is 1170. The van der Waals surface area contributed by atoms with Gasteiger partial charge in [0.1, 0.15) is 16.9 Å². The van der Waals surface area contributed by atoms with Gasteiger partial charge >= 0.3 is 6.09 Å². The van der Waals surface area contributed by atoms with Gasteiger partial charge in [0.05, 0.1) is 18.7 Å². The molecule has 0 unspecified atom stereocenters. The van der Waals surface area contributed by atoms with Crippen LogP contribution in [0.2, 0.25) is 0 Å². The number of hydrogen-bond donors (Lipinski definition) is 0. The summed E-state index contributed by atoms with van der Waals surface area (Å²) in [5, 5.41) is 10.5. The quantitative estimate of drug-likeness (QED) is 0.545. The SMILES string of the molecule is CCC(=O)N(c1ccccn1)c1sc2c(c1C#N)CCN(C(=O)OCCc1cccnc1)C2. The number of aromatic nitrogens is 2. The molecule has 33 heavy (non-hydrogen) atoms. The van der Waals surface area contributed by atoms with Crippen molar-refractivity contribution >= 4 is 34.2 Å². The van der Waals surface area contributed by atoms with Gasteiger partial charge in [-0.3, -0.25) is 14.7 Å². The summed E-state index contributed by atoms with van der Waals surface area (Å²) in [5.74, 6) is 0.335. The highest BCUT2D eigenvalue weighted by molar-refractivity contribution is 7.16. The second-order valence-corrected chi connectivity index (χ2v) is 8.55. The molecular weight excluding hydrogens is 438 g/mol. The van der Waals surface area contributed by atoms with Crippen LogP contribution in [0.1, 0.15) is 34.9 Å². The fourth-order valence-corrected chi connectivity index (χ4v) is 5.04. The van der Waals surface area contributed by atoms with Crippen molar-refractivity contribution in [1.82, 2.24) is 14.9 Å². The fraction of sp³-hybridized carbons (Fsp3) is 0.292. The van der Waals surface area contributed by atoms with E-state index < -0.39 is 0 Å². The van der Waals surface area contributed by atoms with Crippen LogP contribution in [-0.2, 0) is 28.9 Å². The van der Waals surface area contributed by atoms with Gasteiger partial charge in [-0.2, -0.15) is 5.26 Å². The maximum Gasteiger partial charge on any atom is 0.410 e. The lowest BCUT2D eigenvalue weighted by Crippen LogP contribution is -2.36. The first-order valence-electron chi connectivity index (χ1n) is 10.7. The Hall–Kier alpha value is -3.77. The Morgan fingerprint density at radius 1 is 1.27 bits per heavy atom. The van der Waals surface area contributed by atoms with Crippen LogP contribution >= 0.6 is 11.3 Å². The van der Waals surface area contributed by atoms with Gasteiger partial charge in [0, 0.05) is 42.9 Å². The Balaban J connectivity index is 1.52. The van der Waals surface area contributed by atoms with Crippen LogP contribution < -0.4 is 4.90 Å². The number of thiophene rings is 1. The molecule has 8 nitrogen and oxygen atoms in total. The van der Waals surface area contributed by atoms with E-state index in [0.717, 1.165) is 16.0 Å². The highest BCUT2D eigenvalue weighted by Gasteiger charge is 2.31. The van der Waals surface area contributed by atoms with Crippen molar-refractivity contribution in [1.29, 1.82) is 5.26 Å². The van der Waals surface area contributed by atoms with Crippen LogP contribution in [0.4, 0.5) is 15.6 Å². The average molecular weight is 462 g/mol. The average Bonchev–Trinajstić information content (AvgIpc) is 3.22. The van der Waals surface area contributed by atoms with E-state index in [1.54, 1.807) is 48.6 Å². The molecule has 9 heteroatoms. The largest absolute Gasteiger partial charge is 0.449 e. The predicted octanol–water partition coefficient (Wildman–Crippen LogP) is 4.22. The summed E-state index contributed by atoms with van der Waals surface area (Å²) in [4.78, 5) is 37.8. The van der Waals surface area contributed by atoms with Crippen LogP contribution in [0.15, 0.2) is 48.9 Å². The van der Waals surface area contributed by atoms with Gasteiger partial charge in [-0.1, -0.05) is 19.1 Å². The molecule has 0 atom stereocenters. The van der Waals surface area contributed by atoms with Crippen molar-refractivity contribution in [3.05, 3.63) is 70.5 Å². The fourth-order valence-electron chi connectivity index (χ4n) is 3.70. The van der Waals surface area contributed by atoms with E-state index in [0.29, 0.717) is 42.3 Å². The van der Waals surface area contributed by atoms with Gasteiger partial charge in [-0.25, -0.2) is 9.78 Å². The number of nitriles is 1. The van der Waals surface area contributed by atoms with Gasteiger partial charge in [0.2, 0.25) is 5.91 Å². The summed E-state index contributed by atoms with van der Waals surface area (Å²) in [7, 11) is 0. The minimum absolute atomic E-state index is 0.143. The van der Waals surface area contributed by atoms with Crippen LogP contribution in [0.25, 0.3) is 0 Å². The van der Waals surface area contributed by atoms with Crippen molar-refractivity contribution in [2.75, 3.05) is 18.1 Å². The minimum atomic E-state index is -0.385. The molecule has 0 bridgehead atoms. The van der Waals surface area contributed by atoms with E-state index in [1.807, 2.05) is 12.1 Å². The van der Waals surface area contributed by atoms with E-state index in [2.05, 4.69) is 16.0 Å². The summed E-state index contributed by atoms with van der Waals surface area (Å²) < 4.78 is 5.46. The number of rotatable bonds is 6. The van der Waals surface area contributed by atoms with E-state index in [9.17, 15) is 14.9 Å². The Kier molecular flexibility index (Phi) is 6.95. The third-order valence-electron chi connectivity index (χ3n) is 5.38. The summed E-state index contributed by atoms with van der Waals surface area (Å²) >= 11 is 1.36. The van der Waals surface area contributed by atoms with Gasteiger partial charge in [-0.15, -0.1) is 11.3 Å². The molecule has 0 N–H and O–H groups in total. The smallest absolute Gasteiger partial charge is 0.410 e. The lowest BCUT2D eigenvalue weighted by molar-refractivity contribution is -0.117. The maximum atomic E-state index is 12.8. The summed E-state index contributed by atoms with van der Waals surface area (Å²) in [6.07, 6.45) is 6.09. The highest BCUT2D eigenvalue weighted by Crippen LogP contribution is 2.41. The van der Waals surface area contributed by atoms with Crippen molar-refractivity contribution in [2.24, 2.45) is 0 Å². The number of ether oxygens (including phenoxy) is 1. The normalized spacial score (nSPS) is 12.5. The molecule has 0 saturated heterocycles. The van der Waals surface area contributed by atoms with Crippen molar-refractivity contribution in [2.45, 2.75) is 32.7 Å². The standard InChI is InChI=1S/C24H23N5O3S/c1-2-22(30)29(21-7-3-4-11-27-21)23-19(14-25)18-8-12-28(16-20(18)33-23)24(31)32-13-9-17-6-5-10-26-15-17/h3-7,10-11,15H,2,8-9,12-13,16H2,1H3. The summed E-state index contributed by atoms with van der Waals surface area (Å²) in [6.45, 7) is 2.85. The van der Waals surface area contributed by atoms with E-state index in [-0.39, 0.29) is 25.0 Å². The lowest BCUT2D eigenvalue weighted by atomic mass is 10.0. The molecule has 4 rings (SSSR count). The van der Waals surface area contributed by atoms with Crippen molar-refractivity contribution in [3.8, 4) is 6.07 Å². The molecule has 0 aliphatic carbocycles. The second-order valence-electron chi connectivity index (χ2n) is 7.46. The molecule has 3 aromatic rings. The van der Waals surface area contributed by atoms with E-state index >= 15 is 0 Å². The third kappa shape index (κ3) is 4.86. The van der Waals surface area contributed by atoms with Gasteiger partial charge in [-0.05, 0) is 35.7 Å². The molecule has 0 saturated carbocycles. The molecular formula is C24H23N5O3S. The van der Waals surface area contributed by atoms with Crippen molar-refractivity contribution in [3.63, 3.8) is 0 Å². The number of carbonyl (C=O) groups excluding carboxylic acids is 2. The number of fused-ring (bicyclic) bond motifs is 1. The molecule has 3 aromatic heterocycles. The Morgan fingerprint density at radius 2 is 2.15 bits per heavy atom. The topological polar surface area (TPSA) is 99.4 Å². The first-order chi connectivity index (χ1) is 16.1. The number of amides is 2. The van der Waals surface area contributed by atoms with Gasteiger partial charge in [0.25, 0.3) is 0 Å². The molecule has 0 fully saturated rings. The number of pyridine rings is 2. The number of carbonyl (C=O) groups is 2. The predicted molar refractivity (Wildman–Crippen MR) is 124 cm³/mol. The maximum absolute atomic E-state index is 12.8. The monoisotopic (exact) mass is 461 g/mol. The number of hydrogen-bond acceptors (Lipinski definition) is 7. The lowest BCUT2D eigenvalue weighted by Gasteiger charge is -2.26. The van der Waals surface area contributed by atoms with Crippen LogP contribution in [-0.4, -0.2) is 40.0 Å². The van der Waals surface area contributed by atoms with Gasteiger partial charge < -0.3 is 9.64 Å². The molecule has 1 aliphatic heterocycles. The zero-order valence-electron chi connectivity index (χ0n) is 18.2. The van der Waals surface area contributed by atoms with Crippen molar-refractivity contribution < 1.29 is 14.3 Å². The first-order valence-corrected chi connectivity index (χ1v) is 11.5. The zero-order chi connectivity index (χ0) is 23.2. The van der Waals surface area contributed by atoms with Gasteiger partial charge in [0.15, 0.2) is 0 Å². The third-order valence-corrected chi connectivity index (χ3v) is 6.58. The second kappa shape index (κ2) is 10.2. The molecule has 0 spiro atoms. The molecule has 168 valence electrons. The molecule has 0 aromatic carbocycles. The van der Waals surface area contributed by atoms with Crippen LogP contribution in [0, 0.1) is 11.3 Å². The van der Waals surface area contributed by atoms with Crippen LogP contribution in [0.5, 0.6) is 0 Å². The van der Waals surface area contributed by atoms with E-state index in [1.165, 1.54) is 16.2 Å². The number of nitrogens with zero attached hydrogens (tertiary/aromatic N) is 5. The van der Waals surface area contributed by atoms with Crippen LogP contribution in [0.3, 0.4) is 0 Å². The molecule has 0 radical (unpaired) electrons. The Labute approximate surface area is 196 Å². The molecule has 1 aliphatic rings. The van der Waals surface area contributed by atoms with E-state index in [4.69, 9.17) is 4.74 Å². The zero-order valence-corrected chi connectivity index (χ0v) is 19.0. The molecule has 2 amide bonds. The first kappa shape index (κ1) is 22.4. The summed E-state index contributed by atoms with van der Waals surface area (Å²) in [5.41, 5.74) is 2.37. The number of anilines is 2.